The monoisotopic (exact) mass is 421 g/mol. The fourth-order valence-electron chi connectivity index (χ4n) is 5.81. The van der Waals surface area contributed by atoms with Crippen molar-refractivity contribution in [1.29, 1.82) is 0 Å². The molecule has 0 spiro atoms. The van der Waals surface area contributed by atoms with Crippen LogP contribution in [0.4, 0.5) is 0 Å². The minimum atomic E-state index is -0.0534. The van der Waals surface area contributed by atoms with E-state index in [-0.39, 0.29) is 35.4 Å². The number of carbonyl (C=O) groups is 1. The number of carbonyl (C=O) groups excluding carboxylic acids is 1. The standard InChI is InChI=1S/C25H31N3O3/c1-31-20-7-4-6-17(12-20)13-23-19-14-18(22-9-5-10-24(29)28(22)23)15-27(16-19)25(30)21-8-2-3-11-26-21/h4-7,9-10,12,18-19,21,23,26H,2-3,8,11,13-16H2,1H3/t18-,19+,21+,23+/m1/s1. The molecule has 2 saturated heterocycles. The van der Waals surface area contributed by atoms with Gasteiger partial charge in [-0.2, -0.15) is 0 Å². The van der Waals surface area contributed by atoms with Gasteiger partial charge in [-0.25, -0.2) is 0 Å². The molecule has 3 aliphatic rings. The smallest absolute Gasteiger partial charge is 0.251 e. The third-order valence-corrected chi connectivity index (χ3v) is 7.30. The molecule has 0 saturated carbocycles. The summed E-state index contributed by atoms with van der Waals surface area (Å²) in [5.41, 5.74) is 2.29. The van der Waals surface area contributed by atoms with E-state index in [1.165, 1.54) is 0 Å². The number of methoxy groups -OCH3 is 1. The van der Waals surface area contributed by atoms with Crippen LogP contribution < -0.4 is 15.6 Å². The number of fused-ring (bicyclic) bond motifs is 4. The zero-order valence-corrected chi connectivity index (χ0v) is 18.1. The third-order valence-electron chi connectivity index (χ3n) is 7.30. The Labute approximate surface area is 183 Å². The van der Waals surface area contributed by atoms with Crippen LogP contribution in [0.3, 0.4) is 0 Å². The van der Waals surface area contributed by atoms with E-state index < -0.39 is 0 Å². The molecule has 2 bridgehead atoms. The normalized spacial score (nSPS) is 27.5. The number of aromatic nitrogens is 1. The predicted octanol–water partition coefficient (Wildman–Crippen LogP) is 2.73. The predicted molar refractivity (Wildman–Crippen MR) is 120 cm³/mol. The Morgan fingerprint density at radius 3 is 2.84 bits per heavy atom. The van der Waals surface area contributed by atoms with Gasteiger partial charge < -0.3 is 19.5 Å². The molecule has 5 rings (SSSR count). The van der Waals surface area contributed by atoms with E-state index >= 15 is 0 Å². The van der Waals surface area contributed by atoms with Crippen LogP contribution in [0.5, 0.6) is 5.75 Å². The molecule has 31 heavy (non-hydrogen) atoms. The van der Waals surface area contributed by atoms with Crippen LogP contribution >= 0.6 is 0 Å². The molecule has 4 heterocycles. The maximum Gasteiger partial charge on any atom is 0.251 e. The summed E-state index contributed by atoms with van der Waals surface area (Å²) in [5.74, 6) is 1.56. The largest absolute Gasteiger partial charge is 0.497 e. The van der Waals surface area contributed by atoms with Gasteiger partial charge in [0.05, 0.1) is 13.2 Å². The van der Waals surface area contributed by atoms with Crippen LogP contribution in [0.2, 0.25) is 0 Å². The molecule has 3 aliphatic heterocycles. The van der Waals surface area contributed by atoms with Gasteiger partial charge in [-0.15, -0.1) is 0 Å². The van der Waals surface area contributed by atoms with Gasteiger partial charge in [0.15, 0.2) is 0 Å². The number of likely N-dealkylation sites (tertiary alicyclic amines) is 1. The maximum absolute atomic E-state index is 13.3. The van der Waals surface area contributed by atoms with E-state index in [0.717, 1.165) is 62.2 Å². The Morgan fingerprint density at radius 1 is 1.16 bits per heavy atom. The molecule has 6 nitrogen and oxygen atoms in total. The summed E-state index contributed by atoms with van der Waals surface area (Å²) < 4.78 is 7.42. The lowest BCUT2D eigenvalue weighted by Gasteiger charge is -2.48. The van der Waals surface area contributed by atoms with Crippen LogP contribution in [0.25, 0.3) is 0 Å². The van der Waals surface area contributed by atoms with Gasteiger partial charge in [-0.3, -0.25) is 9.59 Å². The summed E-state index contributed by atoms with van der Waals surface area (Å²) in [4.78, 5) is 28.3. The van der Waals surface area contributed by atoms with Gasteiger partial charge >= 0.3 is 0 Å². The SMILES string of the molecule is COc1cccc(C[C@H]2[C@H]3C[C@H](CN(C(=O)[C@@H]4CCCCN4)C3)c3cccc(=O)n32)c1. The highest BCUT2D eigenvalue weighted by atomic mass is 16.5. The van der Waals surface area contributed by atoms with E-state index in [1.54, 1.807) is 13.2 Å². The fourth-order valence-corrected chi connectivity index (χ4v) is 5.81. The Balaban J connectivity index is 1.47. The molecule has 164 valence electrons. The third kappa shape index (κ3) is 3.89. The van der Waals surface area contributed by atoms with Gasteiger partial charge in [0.25, 0.3) is 5.56 Å². The number of hydrogen-bond donors (Lipinski definition) is 1. The van der Waals surface area contributed by atoms with E-state index in [0.29, 0.717) is 6.54 Å². The quantitative estimate of drug-likeness (QED) is 0.825. The Morgan fingerprint density at radius 2 is 2.03 bits per heavy atom. The van der Waals surface area contributed by atoms with Crippen molar-refractivity contribution in [3.63, 3.8) is 0 Å². The minimum Gasteiger partial charge on any atom is -0.497 e. The highest BCUT2D eigenvalue weighted by Crippen LogP contribution is 2.42. The number of pyridine rings is 1. The van der Waals surface area contributed by atoms with Crippen molar-refractivity contribution in [2.24, 2.45) is 5.92 Å². The first-order chi connectivity index (χ1) is 15.1. The maximum atomic E-state index is 13.3. The summed E-state index contributed by atoms with van der Waals surface area (Å²) in [6, 6.07) is 13.7. The zero-order valence-electron chi connectivity index (χ0n) is 18.1. The molecule has 6 heteroatoms. The van der Waals surface area contributed by atoms with Crippen molar-refractivity contribution in [1.82, 2.24) is 14.8 Å². The van der Waals surface area contributed by atoms with E-state index in [9.17, 15) is 9.59 Å². The molecule has 1 aromatic carbocycles. The molecule has 2 fully saturated rings. The molecular weight excluding hydrogens is 390 g/mol. The fraction of sp³-hybridized carbons (Fsp3) is 0.520. The lowest BCUT2D eigenvalue weighted by molar-refractivity contribution is -0.137. The van der Waals surface area contributed by atoms with Gasteiger partial charge in [-0.05, 0) is 61.9 Å². The summed E-state index contributed by atoms with van der Waals surface area (Å²) in [6.07, 6.45) is 4.97. The van der Waals surface area contributed by atoms with Crippen LogP contribution in [0, 0.1) is 5.92 Å². The number of amides is 1. The number of ether oxygens (including phenoxy) is 1. The number of piperidine rings is 2. The molecule has 1 amide bonds. The Hall–Kier alpha value is -2.60. The molecule has 0 aliphatic carbocycles. The van der Waals surface area contributed by atoms with Gasteiger partial charge in [0, 0.05) is 36.8 Å². The van der Waals surface area contributed by atoms with Crippen molar-refractivity contribution in [2.75, 3.05) is 26.7 Å². The van der Waals surface area contributed by atoms with Crippen LogP contribution in [-0.2, 0) is 11.2 Å². The number of benzene rings is 1. The van der Waals surface area contributed by atoms with Crippen molar-refractivity contribution >= 4 is 5.91 Å². The molecule has 0 radical (unpaired) electrons. The van der Waals surface area contributed by atoms with Crippen molar-refractivity contribution in [2.45, 2.75) is 50.1 Å². The number of hydrogen-bond acceptors (Lipinski definition) is 4. The van der Waals surface area contributed by atoms with Crippen LogP contribution in [0.15, 0.2) is 47.3 Å². The second kappa shape index (κ2) is 8.50. The molecule has 4 atom stereocenters. The lowest BCUT2D eigenvalue weighted by Crippen LogP contribution is -2.56. The topological polar surface area (TPSA) is 63.6 Å². The van der Waals surface area contributed by atoms with Gasteiger partial charge in [-0.1, -0.05) is 24.6 Å². The molecule has 0 unspecified atom stereocenters. The van der Waals surface area contributed by atoms with Crippen LogP contribution in [0.1, 0.15) is 48.9 Å². The van der Waals surface area contributed by atoms with Gasteiger partial charge in [0.2, 0.25) is 5.91 Å². The van der Waals surface area contributed by atoms with E-state index in [4.69, 9.17) is 4.74 Å². The number of nitrogens with one attached hydrogen (secondary N) is 1. The lowest BCUT2D eigenvalue weighted by atomic mass is 9.76. The minimum absolute atomic E-state index is 0.0435. The highest BCUT2D eigenvalue weighted by molar-refractivity contribution is 5.82. The Bertz CT molecular complexity index is 1010. The van der Waals surface area contributed by atoms with E-state index in [2.05, 4.69) is 28.4 Å². The first kappa shape index (κ1) is 20.3. The molecule has 1 N–H and O–H groups in total. The summed E-state index contributed by atoms with van der Waals surface area (Å²) >= 11 is 0. The number of nitrogens with zero attached hydrogens (tertiary/aromatic N) is 2. The molecular formula is C25H31N3O3. The average molecular weight is 422 g/mol. The van der Waals surface area contributed by atoms with Crippen LogP contribution in [-0.4, -0.2) is 48.2 Å². The first-order valence-electron chi connectivity index (χ1n) is 11.5. The Kier molecular flexibility index (Phi) is 5.57. The zero-order chi connectivity index (χ0) is 21.4. The average Bonchev–Trinajstić information content (AvgIpc) is 2.82. The second-order valence-corrected chi connectivity index (χ2v) is 9.22. The summed E-state index contributed by atoms with van der Waals surface area (Å²) in [6.45, 7) is 2.36. The van der Waals surface area contributed by atoms with Crippen molar-refractivity contribution < 1.29 is 9.53 Å². The summed E-state index contributed by atoms with van der Waals surface area (Å²) in [5, 5.41) is 3.41. The second-order valence-electron chi connectivity index (χ2n) is 9.22. The molecule has 1 aromatic heterocycles. The highest BCUT2D eigenvalue weighted by Gasteiger charge is 2.42. The number of rotatable bonds is 4. The van der Waals surface area contributed by atoms with Crippen molar-refractivity contribution in [3.05, 3.63) is 64.1 Å². The first-order valence-corrected chi connectivity index (χ1v) is 11.5. The van der Waals surface area contributed by atoms with Gasteiger partial charge in [0.1, 0.15) is 5.75 Å². The summed E-state index contributed by atoms with van der Waals surface area (Å²) in [7, 11) is 1.67. The van der Waals surface area contributed by atoms with E-state index in [1.807, 2.05) is 22.8 Å². The molecule has 2 aromatic rings. The van der Waals surface area contributed by atoms with Crippen molar-refractivity contribution in [3.8, 4) is 5.75 Å².